The predicted octanol–water partition coefficient (Wildman–Crippen LogP) is 2.04. The summed E-state index contributed by atoms with van der Waals surface area (Å²) in [6.45, 7) is 7.70. The van der Waals surface area contributed by atoms with E-state index in [4.69, 9.17) is 0 Å². The molecule has 1 saturated heterocycles. The summed E-state index contributed by atoms with van der Waals surface area (Å²) in [7, 11) is 0. The number of carbonyl (C=O) groups is 2. The van der Waals surface area contributed by atoms with Crippen LogP contribution in [-0.2, 0) is 22.4 Å². The third-order valence-corrected chi connectivity index (χ3v) is 6.25. The molecule has 1 aliphatic carbocycles. The van der Waals surface area contributed by atoms with Gasteiger partial charge in [0.05, 0.1) is 12.5 Å². The Balaban J connectivity index is 1.70. The molecule has 3 rings (SSSR count). The Bertz CT molecular complexity index is 644. The van der Waals surface area contributed by atoms with Gasteiger partial charge >= 0.3 is 0 Å². The maximum absolute atomic E-state index is 12.7. The lowest BCUT2D eigenvalue weighted by atomic mass is 9.94. The minimum atomic E-state index is -0.374. The Morgan fingerprint density at radius 3 is 2.42 bits per heavy atom. The standard InChI is InChI=1S/C21H31N3O2/c1-4-21(3,5-2)23-19(25)14-18-20(26)22-10-11-24(18)17-12-15-8-6-7-9-16(15)13-17/h6-9,17-18H,4-5,10-14H2,1-3H3,(H,22,26)(H,23,25)/t18-/m1/s1. The van der Waals surface area contributed by atoms with Crippen LogP contribution in [0.15, 0.2) is 24.3 Å². The van der Waals surface area contributed by atoms with E-state index in [-0.39, 0.29) is 29.8 Å². The van der Waals surface area contributed by atoms with Gasteiger partial charge in [-0.3, -0.25) is 14.5 Å². The van der Waals surface area contributed by atoms with Crippen LogP contribution in [0.25, 0.3) is 0 Å². The second-order valence-electron chi connectivity index (χ2n) is 7.90. The minimum absolute atomic E-state index is 0.0166. The lowest BCUT2D eigenvalue weighted by molar-refractivity contribution is -0.135. The van der Waals surface area contributed by atoms with Crippen LogP contribution in [-0.4, -0.2) is 47.4 Å². The van der Waals surface area contributed by atoms with Gasteiger partial charge in [-0.15, -0.1) is 0 Å². The number of amides is 2. The van der Waals surface area contributed by atoms with E-state index in [0.29, 0.717) is 12.6 Å². The molecule has 0 spiro atoms. The Kier molecular flexibility index (Phi) is 5.66. The topological polar surface area (TPSA) is 61.4 Å². The maximum Gasteiger partial charge on any atom is 0.237 e. The number of nitrogens with zero attached hydrogens (tertiary/aromatic N) is 1. The van der Waals surface area contributed by atoms with Gasteiger partial charge in [-0.2, -0.15) is 0 Å². The van der Waals surface area contributed by atoms with Gasteiger partial charge in [0.1, 0.15) is 0 Å². The Labute approximate surface area is 156 Å². The first-order valence-corrected chi connectivity index (χ1v) is 9.87. The SMILES string of the molecule is CCC(C)(CC)NC(=O)C[C@@H]1C(=O)NCCN1C1Cc2ccccc2C1. The highest BCUT2D eigenvalue weighted by Gasteiger charge is 2.38. The molecule has 0 bridgehead atoms. The zero-order valence-electron chi connectivity index (χ0n) is 16.2. The van der Waals surface area contributed by atoms with Gasteiger partial charge in [-0.05, 0) is 43.7 Å². The molecular weight excluding hydrogens is 326 g/mol. The molecule has 1 aromatic rings. The van der Waals surface area contributed by atoms with E-state index in [1.54, 1.807) is 0 Å². The van der Waals surface area contributed by atoms with Crippen molar-refractivity contribution in [3.05, 3.63) is 35.4 Å². The monoisotopic (exact) mass is 357 g/mol. The molecule has 1 atom stereocenters. The number of carbonyl (C=O) groups excluding carboxylic acids is 2. The highest BCUT2D eigenvalue weighted by atomic mass is 16.2. The number of hydrogen-bond acceptors (Lipinski definition) is 3. The Hall–Kier alpha value is -1.88. The molecule has 2 N–H and O–H groups in total. The summed E-state index contributed by atoms with van der Waals surface area (Å²) in [5.41, 5.74) is 2.55. The summed E-state index contributed by atoms with van der Waals surface area (Å²) in [6, 6.07) is 8.43. The summed E-state index contributed by atoms with van der Waals surface area (Å²) in [5.74, 6) is -0.0455. The van der Waals surface area contributed by atoms with Crippen molar-refractivity contribution in [1.29, 1.82) is 0 Å². The normalized spacial score (nSPS) is 21.3. The van der Waals surface area contributed by atoms with Gasteiger partial charge in [0.2, 0.25) is 11.8 Å². The first-order chi connectivity index (χ1) is 12.5. The van der Waals surface area contributed by atoms with E-state index in [1.807, 2.05) is 0 Å². The third kappa shape index (κ3) is 3.93. The van der Waals surface area contributed by atoms with Crippen LogP contribution < -0.4 is 10.6 Å². The lowest BCUT2D eigenvalue weighted by Crippen LogP contribution is -2.60. The molecular formula is C21H31N3O2. The number of nitrogens with one attached hydrogen (secondary N) is 2. The zero-order chi connectivity index (χ0) is 18.7. The molecule has 1 fully saturated rings. The number of benzene rings is 1. The summed E-state index contributed by atoms with van der Waals surface area (Å²) in [5, 5.41) is 6.09. The molecule has 0 saturated carbocycles. The smallest absolute Gasteiger partial charge is 0.237 e. The van der Waals surface area contributed by atoms with Crippen molar-refractivity contribution in [2.24, 2.45) is 0 Å². The molecule has 0 unspecified atom stereocenters. The van der Waals surface area contributed by atoms with Crippen LogP contribution in [0.4, 0.5) is 0 Å². The van der Waals surface area contributed by atoms with Crippen molar-refractivity contribution in [2.75, 3.05) is 13.1 Å². The van der Waals surface area contributed by atoms with Gasteiger partial charge in [0.15, 0.2) is 0 Å². The van der Waals surface area contributed by atoms with Crippen LogP contribution in [0.5, 0.6) is 0 Å². The van der Waals surface area contributed by atoms with Crippen molar-refractivity contribution in [3.8, 4) is 0 Å². The van der Waals surface area contributed by atoms with Gasteiger partial charge < -0.3 is 10.6 Å². The molecule has 26 heavy (non-hydrogen) atoms. The fourth-order valence-electron chi connectivity index (χ4n) is 4.14. The number of rotatable bonds is 6. The third-order valence-electron chi connectivity index (χ3n) is 6.25. The first-order valence-electron chi connectivity index (χ1n) is 9.87. The summed E-state index contributed by atoms with van der Waals surface area (Å²) >= 11 is 0. The maximum atomic E-state index is 12.7. The largest absolute Gasteiger partial charge is 0.353 e. The minimum Gasteiger partial charge on any atom is -0.353 e. The molecule has 1 aliphatic heterocycles. The zero-order valence-corrected chi connectivity index (χ0v) is 16.2. The van der Waals surface area contributed by atoms with E-state index in [0.717, 1.165) is 32.2 Å². The van der Waals surface area contributed by atoms with Crippen LogP contribution in [0.1, 0.15) is 51.2 Å². The first kappa shape index (κ1) is 18.9. The molecule has 5 heteroatoms. The molecule has 2 amide bonds. The number of hydrogen-bond donors (Lipinski definition) is 2. The van der Waals surface area contributed by atoms with Gasteiger partial charge in [-0.1, -0.05) is 38.1 Å². The van der Waals surface area contributed by atoms with Crippen LogP contribution in [0.3, 0.4) is 0 Å². The number of piperazine rings is 1. The summed E-state index contributed by atoms with van der Waals surface area (Å²) in [4.78, 5) is 27.5. The quantitative estimate of drug-likeness (QED) is 0.819. The van der Waals surface area contributed by atoms with Crippen molar-refractivity contribution in [3.63, 3.8) is 0 Å². The molecule has 0 radical (unpaired) electrons. The van der Waals surface area contributed by atoms with E-state index >= 15 is 0 Å². The van der Waals surface area contributed by atoms with E-state index in [1.165, 1.54) is 11.1 Å². The van der Waals surface area contributed by atoms with Gasteiger partial charge in [-0.25, -0.2) is 0 Å². The highest BCUT2D eigenvalue weighted by Crippen LogP contribution is 2.28. The Morgan fingerprint density at radius 2 is 1.85 bits per heavy atom. The molecule has 2 aliphatic rings. The van der Waals surface area contributed by atoms with Crippen LogP contribution >= 0.6 is 0 Å². The van der Waals surface area contributed by atoms with Gasteiger partial charge in [0, 0.05) is 24.7 Å². The molecule has 142 valence electrons. The Morgan fingerprint density at radius 1 is 1.23 bits per heavy atom. The van der Waals surface area contributed by atoms with Crippen LogP contribution in [0.2, 0.25) is 0 Å². The average Bonchev–Trinajstić information content (AvgIpc) is 3.07. The van der Waals surface area contributed by atoms with Crippen molar-refractivity contribution >= 4 is 11.8 Å². The molecule has 0 aromatic heterocycles. The summed E-state index contributed by atoms with van der Waals surface area (Å²) < 4.78 is 0. The molecule has 1 aromatic carbocycles. The van der Waals surface area contributed by atoms with Crippen molar-refractivity contribution < 1.29 is 9.59 Å². The molecule has 5 nitrogen and oxygen atoms in total. The predicted molar refractivity (Wildman–Crippen MR) is 103 cm³/mol. The highest BCUT2D eigenvalue weighted by molar-refractivity contribution is 5.89. The lowest BCUT2D eigenvalue weighted by Gasteiger charge is -2.39. The average molecular weight is 357 g/mol. The fraction of sp³-hybridized carbons (Fsp3) is 0.619. The van der Waals surface area contributed by atoms with E-state index < -0.39 is 0 Å². The second kappa shape index (κ2) is 7.78. The van der Waals surface area contributed by atoms with Crippen LogP contribution in [0, 0.1) is 0 Å². The van der Waals surface area contributed by atoms with E-state index in [9.17, 15) is 9.59 Å². The van der Waals surface area contributed by atoms with Gasteiger partial charge in [0.25, 0.3) is 0 Å². The second-order valence-corrected chi connectivity index (χ2v) is 7.90. The van der Waals surface area contributed by atoms with E-state index in [2.05, 4.69) is 60.6 Å². The van der Waals surface area contributed by atoms with Crippen molar-refractivity contribution in [1.82, 2.24) is 15.5 Å². The fourth-order valence-corrected chi connectivity index (χ4v) is 4.14. The van der Waals surface area contributed by atoms with Crippen molar-refractivity contribution in [2.45, 2.75) is 70.5 Å². The summed E-state index contributed by atoms with van der Waals surface area (Å²) in [6.07, 6.45) is 3.92. The molecule has 1 heterocycles. The number of fused-ring (bicyclic) bond motifs is 1.